The van der Waals surface area contributed by atoms with Gasteiger partial charge in [0.25, 0.3) is 0 Å². The molecule has 0 aromatic carbocycles. The van der Waals surface area contributed by atoms with E-state index in [1.54, 1.807) is 0 Å². The number of rotatable bonds is 10. The predicted molar refractivity (Wildman–Crippen MR) is 294 cm³/mol. The normalized spacial score (nSPS) is 50.7. The highest BCUT2D eigenvalue weighted by Gasteiger charge is 2.65. The topological polar surface area (TPSA) is 140 Å². The molecule has 20 unspecified atom stereocenters. The molecule has 0 aromatic rings. The molecule has 14 heteroatoms. The van der Waals surface area contributed by atoms with Crippen molar-refractivity contribution in [2.24, 2.45) is 71.0 Å². The van der Waals surface area contributed by atoms with Gasteiger partial charge < -0.3 is 0 Å². The van der Waals surface area contributed by atoms with E-state index in [-0.39, 0.29) is 49.6 Å². The molecular formula is C62H106N10O4. The predicted octanol–water partition coefficient (Wildman–Crippen LogP) is 9.50. The van der Waals surface area contributed by atoms with Crippen molar-refractivity contribution in [2.45, 2.75) is 317 Å². The zero-order chi connectivity index (χ0) is 50.1. The Morgan fingerprint density at radius 3 is 0.829 bits per heavy atom. The number of hydroxylamine groups is 4. The molecule has 0 bridgehead atoms. The average Bonchev–Trinajstić information content (AvgIpc) is 4.53. The first kappa shape index (κ1) is 52.3. The van der Waals surface area contributed by atoms with E-state index in [2.05, 4.69) is 53.0 Å². The lowest BCUT2D eigenvalue weighted by molar-refractivity contribution is -0.0384. The second-order valence-electron chi connectivity index (χ2n) is 29.3. The van der Waals surface area contributed by atoms with Crippen molar-refractivity contribution in [3.8, 4) is 0 Å². The molecule has 9 aliphatic carbocycles. The van der Waals surface area contributed by atoms with Crippen LogP contribution in [0.1, 0.15) is 231 Å². The third-order valence-electron chi connectivity index (χ3n) is 25.4. The summed E-state index contributed by atoms with van der Waals surface area (Å²) in [6.45, 7) is 0. The Hall–Kier alpha value is -0.560. The Morgan fingerprint density at radius 1 is 0.250 bits per heavy atom. The maximum absolute atomic E-state index is 6.57. The van der Waals surface area contributed by atoms with Crippen molar-refractivity contribution in [1.82, 2.24) is 53.0 Å². The quantitative estimate of drug-likeness (QED) is 0.105. The van der Waals surface area contributed by atoms with Crippen LogP contribution in [0.4, 0.5) is 0 Å². The van der Waals surface area contributed by atoms with Gasteiger partial charge in [0, 0.05) is 59.9 Å². The fourth-order valence-corrected chi connectivity index (χ4v) is 22.1. The van der Waals surface area contributed by atoms with Crippen molar-refractivity contribution >= 4 is 0 Å². The van der Waals surface area contributed by atoms with Crippen LogP contribution in [0.15, 0.2) is 0 Å². The smallest absolute Gasteiger partial charge is 0.133 e. The molecule has 15 rings (SSSR count). The zero-order valence-corrected chi connectivity index (χ0v) is 47.0. The van der Waals surface area contributed by atoms with Crippen LogP contribution in [0.2, 0.25) is 0 Å². The Labute approximate surface area is 458 Å². The highest BCUT2D eigenvalue weighted by atomic mass is 16.7. The number of fused-ring (bicyclic) bond motifs is 7. The van der Waals surface area contributed by atoms with E-state index in [1.165, 1.54) is 231 Å². The summed E-state index contributed by atoms with van der Waals surface area (Å²) in [6, 6.07) is 4.14. The van der Waals surface area contributed by atoms with Crippen LogP contribution >= 0.6 is 0 Å². The lowest BCUT2D eigenvalue weighted by Gasteiger charge is -2.50. The molecule has 0 spiro atoms. The molecule has 6 aliphatic heterocycles. The number of hydrogen-bond acceptors (Lipinski definition) is 14. The summed E-state index contributed by atoms with van der Waals surface area (Å²) in [6.07, 6.45) is 50.1. The average molecular weight is 1060 g/mol. The SMILES string of the molecule is C1CCC(C2NC(C3CC(C4NOC(C5CCCCC5)N4)CC(N4C5CCCCC5C5C6C7CCCCC7N(C7CC(C8NOC(C9CCCCC9)N8)CC(C8NOC(C9CCCCC9)N8)C7)C6CCC54)C3)NO2)CC1. The first-order chi connectivity index (χ1) is 37.6. The van der Waals surface area contributed by atoms with Crippen LogP contribution in [0, 0.1) is 71.0 Å². The van der Waals surface area contributed by atoms with E-state index in [0.29, 0.717) is 59.4 Å². The number of nitrogens with one attached hydrogen (secondary N) is 8. The van der Waals surface area contributed by atoms with Crippen LogP contribution < -0.4 is 43.2 Å². The molecule has 428 valence electrons. The van der Waals surface area contributed by atoms with Gasteiger partial charge in [0.2, 0.25) is 0 Å². The summed E-state index contributed by atoms with van der Waals surface area (Å²) in [5.74, 6) is 8.03. The molecular weight excluding hydrogens is 949 g/mol. The first-order valence-corrected chi connectivity index (χ1v) is 33.9. The number of likely N-dealkylation sites (tertiary alicyclic amines) is 2. The largest absolute Gasteiger partial charge is 0.294 e. The van der Waals surface area contributed by atoms with E-state index in [0.717, 1.165) is 47.8 Å². The van der Waals surface area contributed by atoms with Crippen LogP contribution in [-0.2, 0) is 19.4 Å². The van der Waals surface area contributed by atoms with E-state index in [4.69, 9.17) is 19.4 Å². The Kier molecular flexibility index (Phi) is 16.0. The highest BCUT2D eigenvalue weighted by molar-refractivity contribution is 5.17. The van der Waals surface area contributed by atoms with E-state index in [9.17, 15) is 0 Å². The fourth-order valence-electron chi connectivity index (χ4n) is 22.1. The minimum Gasteiger partial charge on any atom is -0.294 e. The standard InChI is InChI=1S/C62H106N10O4/c1-5-17-37(18-6-1)59-63-55(67-73-59)41-31-42(56-64-60(74-68-56)38-19-7-2-8-20-38)34-45(33-41)71-49-27-15-13-25-47(49)53-51(71)29-30-52-54(53)48-26-14-16-28-50(48)72(52)46-35-43(57-65-61(75-69-57)39-21-9-3-10-22-39)32-44(36-46)58-66-62(76-70-58)40-23-11-4-12-24-40/h37-70H,1-36H2. The number of nitrogens with zero attached hydrogens (tertiary/aromatic N) is 2. The molecule has 0 aromatic heterocycles. The summed E-state index contributed by atoms with van der Waals surface area (Å²) < 4.78 is 0. The van der Waals surface area contributed by atoms with Crippen LogP contribution in [0.5, 0.6) is 0 Å². The maximum atomic E-state index is 6.57. The van der Waals surface area contributed by atoms with Crippen LogP contribution in [0.3, 0.4) is 0 Å². The lowest BCUT2D eigenvalue weighted by Crippen LogP contribution is -2.58. The lowest BCUT2D eigenvalue weighted by atomic mass is 9.61. The zero-order valence-electron chi connectivity index (χ0n) is 47.0. The van der Waals surface area contributed by atoms with E-state index < -0.39 is 0 Å². The summed E-state index contributed by atoms with van der Waals surface area (Å²) in [4.78, 5) is 33.0. The van der Waals surface area contributed by atoms with Gasteiger partial charge in [-0.15, -0.1) is 0 Å². The molecule has 76 heavy (non-hydrogen) atoms. The van der Waals surface area contributed by atoms with Crippen LogP contribution in [0.25, 0.3) is 0 Å². The van der Waals surface area contributed by atoms with Gasteiger partial charge in [0.1, 0.15) is 24.9 Å². The first-order valence-electron chi connectivity index (χ1n) is 33.9. The van der Waals surface area contributed by atoms with Crippen molar-refractivity contribution < 1.29 is 19.4 Å². The van der Waals surface area contributed by atoms with Gasteiger partial charge >= 0.3 is 0 Å². The van der Waals surface area contributed by atoms with Gasteiger partial charge in [-0.25, -0.2) is 0 Å². The second-order valence-corrected chi connectivity index (χ2v) is 29.3. The molecule has 0 amide bonds. The Morgan fingerprint density at radius 2 is 0.526 bits per heavy atom. The van der Waals surface area contributed by atoms with Gasteiger partial charge in [0.15, 0.2) is 0 Å². The van der Waals surface area contributed by atoms with Gasteiger partial charge in [0.05, 0.1) is 24.7 Å². The molecule has 9 saturated carbocycles. The molecule has 8 N–H and O–H groups in total. The van der Waals surface area contributed by atoms with Gasteiger partial charge in [-0.1, -0.05) is 103 Å². The third-order valence-corrected chi connectivity index (χ3v) is 25.4. The molecule has 6 saturated heterocycles. The van der Waals surface area contributed by atoms with Crippen molar-refractivity contribution in [3.63, 3.8) is 0 Å². The van der Waals surface area contributed by atoms with Crippen molar-refractivity contribution in [3.05, 3.63) is 0 Å². The Bertz CT molecular complexity index is 1680. The number of hydrogen-bond donors (Lipinski definition) is 8. The molecule has 15 aliphatic rings. The summed E-state index contributed by atoms with van der Waals surface area (Å²) in [5, 5.41) is 16.6. The van der Waals surface area contributed by atoms with Crippen molar-refractivity contribution in [2.75, 3.05) is 0 Å². The van der Waals surface area contributed by atoms with E-state index in [1.807, 2.05) is 0 Å². The molecule has 6 heterocycles. The Balaban J connectivity index is 0.705. The van der Waals surface area contributed by atoms with Gasteiger partial charge in [-0.05, 0) is 176 Å². The highest BCUT2D eigenvalue weighted by Crippen LogP contribution is 2.62. The summed E-state index contributed by atoms with van der Waals surface area (Å²) >= 11 is 0. The minimum atomic E-state index is 0.151. The summed E-state index contributed by atoms with van der Waals surface area (Å²) in [7, 11) is 0. The van der Waals surface area contributed by atoms with Crippen LogP contribution in [-0.4, -0.2) is 95.6 Å². The molecule has 15 fully saturated rings. The maximum Gasteiger partial charge on any atom is 0.133 e. The molecule has 20 atom stereocenters. The monoisotopic (exact) mass is 1050 g/mol. The molecule has 14 nitrogen and oxygen atoms in total. The minimum absolute atomic E-state index is 0.151. The summed E-state index contributed by atoms with van der Waals surface area (Å²) in [5.41, 5.74) is 14.8. The van der Waals surface area contributed by atoms with Gasteiger partial charge in [-0.3, -0.25) is 50.4 Å². The second kappa shape index (κ2) is 23.2. The van der Waals surface area contributed by atoms with Crippen molar-refractivity contribution in [1.29, 1.82) is 0 Å². The van der Waals surface area contributed by atoms with E-state index >= 15 is 0 Å². The molecule has 0 radical (unpaired) electrons. The third kappa shape index (κ3) is 10.2. The fraction of sp³-hybridized carbons (Fsp3) is 1.00. The van der Waals surface area contributed by atoms with Gasteiger partial charge in [-0.2, -0.15) is 21.9 Å².